The molecular formula is C25H22N2O7. The van der Waals surface area contributed by atoms with Crippen LogP contribution in [0.15, 0.2) is 64.6 Å². The van der Waals surface area contributed by atoms with E-state index in [2.05, 4.69) is 5.32 Å². The summed E-state index contributed by atoms with van der Waals surface area (Å²) in [6.07, 6.45) is 1.44. The minimum Gasteiger partial charge on any atom is -0.497 e. The highest BCUT2D eigenvalue weighted by Gasteiger charge is 2.13. The Labute approximate surface area is 195 Å². The summed E-state index contributed by atoms with van der Waals surface area (Å²) in [4.78, 5) is 23.5. The van der Waals surface area contributed by atoms with Gasteiger partial charge in [0.15, 0.2) is 11.5 Å². The van der Waals surface area contributed by atoms with E-state index in [1.807, 2.05) is 6.07 Å². The highest BCUT2D eigenvalue weighted by molar-refractivity contribution is 6.09. The van der Waals surface area contributed by atoms with Crippen LogP contribution in [0.4, 0.5) is 5.69 Å². The minimum atomic E-state index is -1.17. The maximum absolute atomic E-state index is 12.6. The summed E-state index contributed by atoms with van der Waals surface area (Å²) >= 11 is 0. The van der Waals surface area contributed by atoms with E-state index in [1.54, 1.807) is 49.4 Å². The SMILES string of the molecule is CCOc1cc(C=C(C#N)C(=O)Nc2cccc(OC)c2)ccc1OCc1ccc(C(=O)O)o1. The number of hydrogen-bond acceptors (Lipinski definition) is 7. The number of rotatable bonds is 10. The molecule has 3 rings (SSSR count). The maximum Gasteiger partial charge on any atom is 0.371 e. The summed E-state index contributed by atoms with van der Waals surface area (Å²) in [5, 5.41) is 21.1. The van der Waals surface area contributed by atoms with E-state index < -0.39 is 11.9 Å². The van der Waals surface area contributed by atoms with Crippen molar-refractivity contribution >= 4 is 23.6 Å². The quantitative estimate of drug-likeness (QED) is 0.332. The van der Waals surface area contributed by atoms with Crippen molar-refractivity contribution in [3.05, 3.63) is 77.3 Å². The van der Waals surface area contributed by atoms with Gasteiger partial charge in [-0.2, -0.15) is 5.26 Å². The molecule has 0 fully saturated rings. The Balaban J connectivity index is 1.76. The van der Waals surface area contributed by atoms with Crippen LogP contribution in [-0.4, -0.2) is 30.7 Å². The van der Waals surface area contributed by atoms with Crippen molar-refractivity contribution in [2.24, 2.45) is 0 Å². The molecular weight excluding hydrogens is 440 g/mol. The number of carboxylic acid groups (broad SMARTS) is 1. The fourth-order valence-electron chi connectivity index (χ4n) is 2.94. The number of nitrogens with zero attached hydrogens (tertiary/aromatic N) is 1. The average molecular weight is 462 g/mol. The number of hydrogen-bond donors (Lipinski definition) is 2. The van der Waals surface area contributed by atoms with Gasteiger partial charge in [-0.25, -0.2) is 4.79 Å². The fourth-order valence-corrected chi connectivity index (χ4v) is 2.94. The molecule has 0 saturated heterocycles. The molecule has 174 valence electrons. The molecule has 0 saturated carbocycles. The minimum absolute atomic E-state index is 0.00503. The van der Waals surface area contributed by atoms with Gasteiger partial charge in [-0.3, -0.25) is 4.79 Å². The number of nitriles is 1. The topological polar surface area (TPSA) is 131 Å². The molecule has 3 aromatic rings. The van der Waals surface area contributed by atoms with Gasteiger partial charge >= 0.3 is 5.97 Å². The van der Waals surface area contributed by atoms with Crippen molar-refractivity contribution in [2.45, 2.75) is 13.5 Å². The third-order valence-corrected chi connectivity index (χ3v) is 4.51. The molecule has 2 aromatic carbocycles. The van der Waals surface area contributed by atoms with Crippen LogP contribution >= 0.6 is 0 Å². The number of carbonyl (C=O) groups is 2. The predicted octanol–water partition coefficient (Wildman–Crippen LogP) is 4.51. The molecule has 9 nitrogen and oxygen atoms in total. The summed E-state index contributed by atoms with van der Waals surface area (Å²) in [5.74, 6) is -0.211. The number of benzene rings is 2. The first-order chi connectivity index (χ1) is 16.4. The normalized spacial score (nSPS) is 10.8. The van der Waals surface area contributed by atoms with Crippen molar-refractivity contribution in [2.75, 3.05) is 19.0 Å². The molecule has 0 spiro atoms. The van der Waals surface area contributed by atoms with Gasteiger partial charge in [-0.05, 0) is 55.0 Å². The average Bonchev–Trinajstić information content (AvgIpc) is 3.32. The van der Waals surface area contributed by atoms with Crippen LogP contribution in [0.25, 0.3) is 6.08 Å². The molecule has 2 N–H and O–H groups in total. The Kier molecular flexibility index (Phi) is 7.92. The Hall–Kier alpha value is -4.71. The largest absolute Gasteiger partial charge is 0.497 e. The summed E-state index contributed by atoms with van der Waals surface area (Å²) in [5.41, 5.74) is 0.947. The smallest absolute Gasteiger partial charge is 0.371 e. The molecule has 0 atom stereocenters. The van der Waals surface area contributed by atoms with Gasteiger partial charge in [0.25, 0.3) is 5.91 Å². The Morgan fingerprint density at radius 2 is 1.94 bits per heavy atom. The second kappa shape index (κ2) is 11.2. The van der Waals surface area contributed by atoms with E-state index in [4.69, 9.17) is 23.7 Å². The zero-order valence-electron chi connectivity index (χ0n) is 18.5. The summed E-state index contributed by atoms with van der Waals surface area (Å²) in [7, 11) is 1.52. The number of amides is 1. The van der Waals surface area contributed by atoms with Gasteiger partial charge in [0, 0.05) is 11.8 Å². The molecule has 0 aliphatic heterocycles. The van der Waals surface area contributed by atoms with E-state index in [1.165, 1.54) is 25.3 Å². The van der Waals surface area contributed by atoms with Crippen LogP contribution in [0.3, 0.4) is 0 Å². The number of nitrogens with one attached hydrogen (secondary N) is 1. The van der Waals surface area contributed by atoms with Gasteiger partial charge in [0.2, 0.25) is 5.76 Å². The summed E-state index contributed by atoms with van der Waals surface area (Å²) < 4.78 is 21.7. The number of carbonyl (C=O) groups excluding carboxylic acids is 1. The maximum atomic E-state index is 12.6. The lowest BCUT2D eigenvalue weighted by atomic mass is 10.1. The van der Waals surface area contributed by atoms with Crippen LogP contribution in [0.5, 0.6) is 17.2 Å². The van der Waals surface area contributed by atoms with Gasteiger partial charge in [0.05, 0.1) is 13.7 Å². The number of furan rings is 1. The third kappa shape index (κ3) is 6.17. The highest BCUT2D eigenvalue weighted by atomic mass is 16.5. The van der Waals surface area contributed by atoms with Crippen LogP contribution in [0, 0.1) is 11.3 Å². The highest BCUT2D eigenvalue weighted by Crippen LogP contribution is 2.30. The van der Waals surface area contributed by atoms with Crippen molar-refractivity contribution in [3.8, 4) is 23.3 Å². The van der Waals surface area contributed by atoms with E-state index in [0.29, 0.717) is 40.9 Å². The van der Waals surface area contributed by atoms with E-state index in [-0.39, 0.29) is 17.9 Å². The standard InChI is InChI=1S/C25H22N2O7/c1-3-32-23-12-16(7-9-21(23)33-15-20-8-10-22(34-20)25(29)30)11-17(14-26)24(28)27-18-5-4-6-19(13-18)31-2/h4-13H,3,15H2,1-2H3,(H,27,28)(H,29,30). The van der Waals surface area contributed by atoms with E-state index >= 15 is 0 Å². The lowest BCUT2D eigenvalue weighted by Gasteiger charge is -2.12. The third-order valence-electron chi connectivity index (χ3n) is 4.51. The number of ether oxygens (including phenoxy) is 3. The lowest BCUT2D eigenvalue weighted by molar-refractivity contribution is -0.112. The predicted molar refractivity (Wildman–Crippen MR) is 123 cm³/mol. The first-order valence-electron chi connectivity index (χ1n) is 10.2. The zero-order chi connectivity index (χ0) is 24.5. The molecule has 9 heteroatoms. The number of methoxy groups -OCH3 is 1. The molecule has 0 bridgehead atoms. The summed E-state index contributed by atoms with van der Waals surface area (Å²) in [6.45, 7) is 2.16. The molecule has 0 radical (unpaired) electrons. The second-order valence-corrected chi connectivity index (χ2v) is 6.85. The molecule has 1 heterocycles. The first-order valence-corrected chi connectivity index (χ1v) is 10.2. The first kappa shape index (κ1) is 23.9. The molecule has 1 aromatic heterocycles. The molecule has 0 aliphatic rings. The van der Waals surface area contributed by atoms with Gasteiger partial charge in [-0.15, -0.1) is 0 Å². The monoisotopic (exact) mass is 462 g/mol. The van der Waals surface area contributed by atoms with E-state index in [0.717, 1.165) is 0 Å². The molecule has 34 heavy (non-hydrogen) atoms. The van der Waals surface area contributed by atoms with Crippen LogP contribution < -0.4 is 19.5 Å². The lowest BCUT2D eigenvalue weighted by Crippen LogP contribution is -2.13. The Bertz CT molecular complexity index is 1250. The van der Waals surface area contributed by atoms with Crippen molar-refractivity contribution in [3.63, 3.8) is 0 Å². The number of aromatic carboxylic acids is 1. The van der Waals surface area contributed by atoms with Crippen molar-refractivity contribution in [1.82, 2.24) is 0 Å². The van der Waals surface area contributed by atoms with Crippen molar-refractivity contribution in [1.29, 1.82) is 5.26 Å². The fraction of sp³-hybridized carbons (Fsp3) is 0.160. The Morgan fingerprint density at radius 1 is 1.12 bits per heavy atom. The van der Waals surface area contributed by atoms with Gasteiger partial charge < -0.3 is 29.1 Å². The van der Waals surface area contributed by atoms with Crippen molar-refractivity contribution < 1.29 is 33.3 Å². The number of carboxylic acids is 1. The molecule has 1 amide bonds. The Morgan fingerprint density at radius 3 is 2.62 bits per heavy atom. The van der Waals surface area contributed by atoms with Gasteiger partial charge in [0.1, 0.15) is 29.8 Å². The second-order valence-electron chi connectivity index (χ2n) is 6.85. The molecule has 0 aliphatic carbocycles. The summed E-state index contributed by atoms with van der Waals surface area (Å²) in [6, 6.07) is 16.5. The van der Waals surface area contributed by atoms with E-state index in [9.17, 15) is 14.9 Å². The number of anilines is 1. The zero-order valence-corrected chi connectivity index (χ0v) is 18.5. The van der Waals surface area contributed by atoms with Crippen LogP contribution in [0.1, 0.15) is 28.8 Å². The van der Waals surface area contributed by atoms with Crippen LogP contribution in [0.2, 0.25) is 0 Å². The van der Waals surface area contributed by atoms with Gasteiger partial charge in [-0.1, -0.05) is 12.1 Å². The van der Waals surface area contributed by atoms with Crippen LogP contribution in [-0.2, 0) is 11.4 Å². The molecule has 0 unspecified atom stereocenters.